The SMILES string of the molecule is CN=C(NCc1ccc(C#N)cc1)NCC(C)c1cccc(C)c1. The van der Waals surface area contributed by atoms with Gasteiger partial charge in [-0.15, -0.1) is 0 Å². The Labute approximate surface area is 144 Å². The lowest BCUT2D eigenvalue weighted by Gasteiger charge is -2.17. The summed E-state index contributed by atoms with van der Waals surface area (Å²) in [6.45, 7) is 5.80. The zero-order chi connectivity index (χ0) is 17.4. The molecule has 124 valence electrons. The van der Waals surface area contributed by atoms with Crippen molar-refractivity contribution in [1.29, 1.82) is 5.26 Å². The third-order valence-electron chi connectivity index (χ3n) is 3.95. The first-order valence-corrected chi connectivity index (χ1v) is 8.12. The molecular formula is C20H24N4. The summed E-state index contributed by atoms with van der Waals surface area (Å²) in [4.78, 5) is 4.26. The van der Waals surface area contributed by atoms with Gasteiger partial charge in [-0.25, -0.2) is 0 Å². The molecule has 0 aliphatic carbocycles. The summed E-state index contributed by atoms with van der Waals surface area (Å²) in [5.74, 6) is 1.18. The van der Waals surface area contributed by atoms with E-state index in [1.54, 1.807) is 7.05 Å². The van der Waals surface area contributed by atoms with Gasteiger partial charge in [-0.3, -0.25) is 4.99 Å². The van der Waals surface area contributed by atoms with Crippen molar-refractivity contribution in [2.24, 2.45) is 4.99 Å². The van der Waals surface area contributed by atoms with Gasteiger partial charge in [0.2, 0.25) is 0 Å². The molecule has 2 aromatic rings. The van der Waals surface area contributed by atoms with Crippen LogP contribution in [0, 0.1) is 18.3 Å². The highest BCUT2D eigenvalue weighted by Gasteiger charge is 2.07. The number of aryl methyl sites for hydroxylation is 1. The highest BCUT2D eigenvalue weighted by molar-refractivity contribution is 5.79. The normalized spacial score (nSPS) is 12.3. The minimum atomic E-state index is 0.401. The number of hydrogen-bond acceptors (Lipinski definition) is 2. The molecule has 0 bridgehead atoms. The summed E-state index contributed by atoms with van der Waals surface area (Å²) in [7, 11) is 1.77. The number of nitrogens with zero attached hydrogens (tertiary/aromatic N) is 2. The smallest absolute Gasteiger partial charge is 0.191 e. The van der Waals surface area contributed by atoms with Crippen molar-refractivity contribution in [2.75, 3.05) is 13.6 Å². The number of aliphatic imine (C=N–C) groups is 1. The Morgan fingerprint density at radius 1 is 1.17 bits per heavy atom. The van der Waals surface area contributed by atoms with Gasteiger partial charge < -0.3 is 10.6 Å². The molecule has 0 spiro atoms. The molecule has 0 fully saturated rings. The molecule has 0 saturated carbocycles. The molecule has 0 aliphatic heterocycles. The fourth-order valence-corrected chi connectivity index (χ4v) is 2.45. The zero-order valence-corrected chi connectivity index (χ0v) is 14.5. The van der Waals surface area contributed by atoms with E-state index in [9.17, 15) is 0 Å². The van der Waals surface area contributed by atoms with Crippen molar-refractivity contribution in [3.63, 3.8) is 0 Å². The van der Waals surface area contributed by atoms with E-state index in [0.717, 1.165) is 18.1 Å². The fourth-order valence-electron chi connectivity index (χ4n) is 2.45. The summed E-state index contributed by atoms with van der Waals surface area (Å²) >= 11 is 0. The Bertz CT molecular complexity index is 726. The second-order valence-corrected chi connectivity index (χ2v) is 5.93. The van der Waals surface area contributed by atoms with Gasteiger partial charge in [0.1, 0.15) is 0 Å². The lowest BCUT2D eigenvalue weighted by atomic mass is 9.99. The van der Waals surface area contributed by atoms with Crippen LogP contribution < -0.4 is 10.6 Å². The molecule has 4 nitrogen and oxygen atoms in total. The molecule has 0 heterocycles. The maximum absolute atomic E-state index is 8.82. The van der Waals surface area contributed by atoms with Gasteiger partial charge in [-0.1, -0.05) is 48.9 Å². The van der Waals surface area contributed by atoms with E-state index < -0.39 is 0 Å². The van der Waals surface area contributed by atoms with Crippen LogP contribution in [-0.2, 0) is 6.54 Å². The molecule has 0 radical (unpaired) electrons. The summed E-state index contributed by atoms with van der Waals surface area (Å²) in [6.07, 6.45) is 0. The number of rotatable bonds is 5. The van der Waals surface area contributed by atoms with Gasteiger partial charge in [0.05, 0.1) is 11.6 Å². The number of guanidine groups is 1. The van der Waals surface area contributed by atoms with Crippen molar-refractivity contribution in [2.45, 2.75) is 26.3 Å². The minimum Gasteiger partial charge on any atom is -0.356 e. The molecule has 1 atom stereocenters. The number of hydrogen-bond donors (Lipinski definition) is 2. The molecule has 0 amide bonds. The predicted octanol–water partition coefficient (Wildman–Crippen LogP) is 3.34. The highest BCUT2D eigenvalue weighted by atomic mass is 15.2. The molecule has 0 aromatic heterocycles. The minimum absolute atomic E-state index is 0.401. The predicted molar refractivity (Wildman–Crippen MR) is 99.0 cm³/mol. The standard InChI is InChI=1S/C20H24N4/c1-15-5-4-6-19(11-15)16(2)13-23-20(22-3)24-14-18-9-7-17(12-21)8-10-18/h4-11,16H,13-14H2,1-3H3,(H2,22,23,24). The largest absolute Gasteiger partial charge is 0.356 e. The zero-order valence-electron chi connectivity index (χ0n) is 14.5. The average molecular weight is 320 g/mol. The van der Waals surface area contributed by atoms with E-state index >= 15 is 0 Å². The molecule has 24 heavy (non-hydrogen) atoms. The van der Waals surface area contributed by atoms with E-state index in [1.807, 2.05) is 24.3 Å². The highest BCUT2D eigenvalue weighted by Crippen LogP contribution is 2.15. The third kappa shape index (κ3) is 5.13. The monoisotopic (exact) mass is 320 g/mol. The van der Waals surface area contributed by atoms with Crippen LogP contribution in [0.3, 0.4) is 0 Å². The number of benzene rings is 2. The molecule has 2 N–H and O–H groups in total. The van der Waals surface area contributed by atoms with Crippen LogP contribution in [0.4, 0.5) is 0 Å². The van der Waals surface area contributed by atoms with Crippen LogP contribution in [0.5, 0.6) is 0 Å². The number of nitriles is 1. The van der Waals surface area contributed by atoms with Crippen molar-refractivity contribution < 1.29 is 0 Å². The van der Waals surface area contributed by atoms with E-state index in [1.165, 1.54) is 11.1 Å². The molecule has 0 saturated heterocycles. The van der Waals surface area contributed by atoms with Crippen molar-refractivity contribution in [1.82, 2.24) is 10.6 Å². The Kier molecular flexibility index (Phi) is 6.39. The molecule has 1 unspecified atom stereocenters. The fraction of sp³-hybridized carbons (Fsp3) is 0.300. The Morgan fingerprint density at radius 3 is 2.54 bits per heavy atom. The van der Waals surface area contributed by atoms with Crippen molar-refractivity contribution in [3.8, 4) is 6.07 Å². The Balaban J connectivity index is 1.84. The van der Waals surface area contributed by atoms with Gasteiger partial charge in [0.15, 0.2) is 5.96 Å². The van der Waals surface area contributed by atoms with Gasteiger partial charge in [-0.05, 0) is 36.1 Å². The summed E-state index contributed by atoms with van der Waals surface area (Å²) < 4.78 is 0. The maximum Gasteiger partial charge on any atom is 0.191 e. The maximum atomic E-state index is 8.82. The molecule has 2 rings (SSSR count). The summed E-state index contributed by atoms with van der Waals surface area (Å²) in [5, 5.41) is 15.5. The van der Waals surface area contributed by atoms with Gasteiger partial charge >= 0.3 is 0 Å². The van der Waals surface area contributed by atoms with Crippen LogP contribution in [0.25, 0.3) is 0 Å². The average Bonchev–Trinajstić information content (AvgIpc) is 2.62. The molecule has 2 aromatic carbocycles. The third-order valence-corrected chi connectivity index (χ3v) is 3.95. The second-order valence-electron chi connectivity index (χ2n) is 5.93. The topological polar surface area (TPSA) is 60.2 Å². The van der Waals surface area contributed by atoms with E-state index in [2.05, 4.69) is 59.8 Å². The van der Waals surface area contributed by atoms with E-state index in [-0.39, 0.29) is 0 Å². The summed E-state index contributed by atoms with van der Waals surface area (Å²) in [6, 6.07) is 18.3. The van der Waals surface area contributed by atoms with Crippen LogP contribution in [0.1, 0.15) is 35.1 Å². The molecule has 4 heteroatoms. The van der Waals surface area contributed by atoms with Crippen LogP contribution in [0.15, 0.2) is 53.5 Å². The van der Waals surface area contributed by atoms with Gasteiger partial charge in [-0.2, -0.15) is 5.26 Å². The first kappa shape index (κ1) is 17.6. The quantitative estimate of drug-likeness (QED) is 0.656. The van der Waals surface area contributed by atoms with Crippen molar-refractivity contribution in [3.05, 3.63) is 70.8 Å². The van der Waals surface area contributed by atoms with Gasteiger partial charge in [0.25, 0.3) is 0 Å². The van der Waals surface area contributed by atoms with E-state index in [4.69, 9.17) is 5.26 Å². The second kappa shape index (κ2) is 8.73. The Hall–Kier alpha value is -2.80. The number of nitrogens with one attached hydrogen (secondary N) is 2. The Morgan fingerprint density at radius 2 is 1.92 bits per heavy atom. The van der Waals surface area contributed by atoms with Crippen LogP contribution in [-0.4, -0.2) is 19.6 Å². The van der Waals surface area contributed by atoms with Crippen LogP contribution in [0.2, 0.25) is 0 Å². The lowest BCUT2D eigenvalue weighted by molar-refractivity contribution is 0.698. The first-order chi connectivity index (χ1) is 11.6. The summed E-state index contributed by atoms with van der Waals surface area (Å²) in [5.41, 5.74) is 4.39. The lowest BCUT2D eigenvalue weighted by Crippen LogP contribution is -2.38. The van der Waals surface area contributed by atoms with E-state index in [0.29, 0.717) is 18.0 Å². The van der Waals surface area contributed by atoms with Crippen LogP contribution >= 0.6 is 0 Å². The van der Waals surface area contributed by atoms with Crippen molar-refractivity contribution >= 4 is 5.96 Å². The van der Waals surface area contributed by atoms with Gasteiger partial charge in [0, 0.05) is 20.1 Å². The molecule has 0 aliphatic rings. The first-order valence-electron chi connectivity index (χ1n) is 8.12. The molecular weight excluding hydrogens is 296 g/mol.